The van der Waals surface area contributed by atoms with Crippen LogP contribution in [0.25, 0.3) is 16.0 Å². The SMILES string of the molecule is CSc1nc2c(s1)c(=O)n(-c1ccccc1C)c(=O)n2CC(=O)Nc1cc(Cl)ccc1C. The number of nitrogens with zero attached hydrogens (tertiary/aromatic N) is 3. The maximum atomic E-state index is 13.4. The second-order valence-electron chi connectivity index (χ2n) is 7.14. The Labute approximate surface area is 196 Å². The highest BCUT2D eigenvalue weighted by atomic mass is 35.5. The molecule has 10 heteroatoms. The lowest BCUT2D eigenvalue weighted by Gasteiger charge is -2.13. The van der Waals surface area contributed by atoms with E-state index < -0.39 is 17.2 Å². The molecule has 7 nitrogen and oxygen atoms in total. The van der Waals surface area contributed by atoms with Gasteiger partial charge in [0.2, 0.25) is 5.91 Å². The fraction of sp³-hybridized carbons (Fsp3) is 0.182. The number of hydrogen-bond donors (Lipinski definition) is 1. The van der Waals surface area contributed by atoms with Crippen LogP contribution in [0.4, 0.5) is 5.69 Å². The van der Waals surface area contributed by atoms with E-state index in [-0.39, 0.29) is 12.2 Å². The summed E-state index contributed by atoms with van der Waals surface area (Å²) in [4.78, 5) is 44.0. The number of halogens is 1. The number of carbonyl (C=O) groups excluding carboxylic acids is 1. The van der Waals surface area contributed by atoms with E-state index in [2.05, 4.69) is 10.3 Å². The molecule has 2 aromatic carbocycles. The lowest BCUT2D eigenvalue weighted by atomic mass is 10.2. The van der Waals surface area contributed by atoms with Gasteiger partial charge in [0, 0.05) is 10.7 Å². The van der Waals surface area contributed by atoms with Crippen LogP contribution in [0.15, 0.2) is 56.4 Å². The number of aryl methyl sites for hydroxylation is 2. The molecule has 32 heavy (non-hydrogen) atoms. The maximum absolute atomic E-state index is 13.4. The first-order valence-corrected chi connectivity index (χ1v) is 12.0. The van der Waals surface area contributed by atoms with Gasteiger partial charge in [0.1, 0.15) is 11.2 Å². The Morgan fingerprint density at radius 1 is 1.16 bits per heavy atom. The molecule has 1 N–H and O–H groups in total. The fourth-order valence-electron chi connectivity index (χ4n) is 3.33. The average molecular weight is 487 g/mol. The number of para-hydroxylation sites is 1. The summed E-state index contributed by atoms with van der Waals surface area (Å²) in [5, 5.41) is 3.29. The third kappa shape index (κ3) is 4.11. The number of amides is 1. The molecule has 0 radical (unpaired) electrons. The van der Waals surface area contributed by atoms with Gasteiger partial charge < -0.3 is 5.32 Å². The van der Waals surface area contributed by atoms with Crippen LogP contribution in [0, 0.1) is 13.8 Å². The molecule has 0 unspecified atom stereocenters. The minimum atomic E-state index is -0.618. The lowest BCUT2D eigenvalue weighted by Crippen LogP contribution is -2.40. The molecule has 0 atom stereocenters. The highest BCUT2D eigenvalue weighted by molar-refractivity contribution is 8.00. The highest BCUT2D eigenvalue weighted by Crippen LogP contribution is 2.26. The van der Waals surface area contributed by atoms with Crippen LogP contribution in [-0.4, -0.2) is 26.3 Å². The quantitative estimate of drug-likeness (QED) is 0.426. The van der Waals surface area contributed by atoms with Crippen molar-refractivity contribution in [1.82, 2.24) is 14.1 Å². The number of thioether (sulfide) groups is 1. The summed E-state index contributed by atoms with van der Waals surface area (Å²) in [5.74, 6) is -0.424. The highest BCUT2D eigenvalue weighted by Gasteiger charge is 2.21. The van der Waals surface area contributed by atoms with E-state index in [1.165, 1.54) is 27.7 Å². The smallest absolute Gasteiger partial charge is 0.324 e. The molecule has 0 aliphatic heterocycles. The molecular weight excluding hydrogens is 468 g/mol. The molecule has 0 aliphatic carbocycles. The number of aromatic nitrogens is 3. The van der Waals surface area contributed by atoms with Gasteiger partial charge in [-0.1, -0.05) is 47.6 Å². The number of hydrogen-bond acceptors (Lipinski definition) is 6. The number of thiazole rings is 1. The Bertz CT molecular complexity index is 1470. The third-order valence-corrected chi connectivity index (χ3v) is 7.22. The number of fused-ring (bicyclic) bond motifs is 1. The molecule has 0 bridgehead atoms. The van der Waals surface area contributed by atoms with Crippen molar-refractivity contribution in [2.45, 2.75) is 24.7 Å². The van der Waals surface area contributed by atoms with Gasteiger partial charge in [-0.25, -0.2) is 14.3 Å². The monoisotopic (exact) mass is 486 g/mol. The summed E-state index contributed by atoms with van der Waals surface area (Å²) in [6.45, 7) is 3.37. The topological polar surface area (TPSA) is 86.0 Å². The molecule has 4 aromatic rings. The summed E-state index contributed by atoms with van der Waals surface area (Å²) in [5.41, 5.74) is 1.78. The molecule has 0 saturated heterocycles. The van der Waals surface area contributed by atoms with Crippen molar-refractivity contribution < 1.29 is 4.79 Å². The zero-order chi connectivity index (χ0) is 23.0. The zero-order valence-corrected chi connectivity index (χ0v) is 19.9. The van der Waals surface area contributed by atoms with Gasteiger partial charge in [0.25, 0.3) is 5.56 Å². The van der Waals surface area contributed by atoms with Crippen LogP contribution in [0.5, 0.6) is 0 Å². The Hall–Kier alpha value is -2.88. The Morgan fingerprint density at radius 2 is 1.91 bits per heavy atom. The van der Waals surface area contributed by atoms with Crippen molar-refractivity contribution in [3.05, 3.63) is 79.5 Å². The van der Waals surface area contributed by atoms with E-state index in [1.807, 2.05) is 32.2 Å². The summed E-state index contributed by atoms with van der Waals surface area (Å²) in [7, 11) is 0. The molecule has 0 fully saturated rings. The van der Waals surface area contributed by atoms with Crippen molar-refractivity contribution >= 4 is 56.6 Å². The molecule has 4 rings (SSSR count). The summed E-state index contributed by atoms with van der Waals surface area (Å²) >= 11 is 8.63. The summed E-state index contributed by atoms with van der Waals surface area (Å²) < 4.78 is 3.31. The van der Waals surface area contributed by atoms with Crippen LogP contribution in [0.2, 0.25) is 5.02 Å². The van der Waals surface area contributed by atoms with Crippen molar-refractivity contribution in [3.63, 3.8) is 0 Å². The first-order chi connectivity index (χ1) is 15.3. The van der Waals surface area contributed by atoms with Gasteiger partial charge in [-0.3, -0.25) is 14.2 Å². The fourth-order valence-corrected chi connectivity index (χ4v) is 5.00. The standard InChI is InChI=1S/C22H19ClN4O3S2/c1-12-8-9-14(23)10-15(12)24-17(28)11-26-19-18(32-21(25-19)31-3)20(29)27(22(26)30)16-7-5-4-6-13(16)2/h4-10H,11H2,1-3H3,(H,24,28). The zero-order valence-electron chi connectivity index (χ0n) is 17.5. The molecule has 0 spiro atoms. The molecular formula is C22H19ClN4O3S2. The Balaban J connectivity index is 1.86. The van der Waals surface area contributed by atoms with Crippen LogP contribution in [0.3, 0.4) is 0 Å². The predicted octanol–water partition coefficient (Wildman–Crippen LogP) is 4.24. The van der Waals surface area contributed by atoms with Crippen molar-refractivity contribution in [3.8, 4) is 5.69 Å². The lowest BCUT2D eigenvalue weighted by molar-refractivity contribution is -0.116. The van der Waals surface area contributed by atoms with E-state index in [0.29, 0.717) is 25.4 Å². The normalized spacial score (nSPS) is 11.1. The van der Waals surface area contributed by atoms with Crippen LogP contribution >= 0.6 is 34.7 Å². The molecule has 2 aromatic heterocycles. The van der Waals surface area contributed by atoms with Crippen LogP contribution < -0.4 is 16.6 Å². The van der Waals surface area contributed by atoms with Gasteiger partial charge >= 0.3 is 5.69 Å². The third-order valence-electron chi connectivity index (χ3n) is 4.97. The predicted molar refractivity (Wildman–Crippen MR) is 131 cm³/mol. The first kappa shape index (κ1) is 22.3. The van der Waals surface area contributed by atoms with Gasteiger partial charge in [0.05, 0.1) is 5.69 Å². The Morgan fingerprint density at radius 3 is 2.62 bits per heavy atom. The van der Waals surface area contributed by atoms with Crippen LogP contribution in [0.1, 0.15) is 11.1 Å². The number of nitrogens with one attached hydrogen (secondary N) is 1. The van der Waals surface area contributed by atoms with Crippen molar-refractivity contribution in [2.24, 2.45) is 0 Å². The molecule has 1 amide bonds. The Kier molecular flexibility index (Phi) is 6.23. The van der Waals surface area contributed by atoms with E-state index in [9.17, 15) is 14.4 Å². The molecule has 164 valence electrons. The number of carbonyl (C=O) groups is 1. The minimum absolute atomic E-state index is 0.206. The van der Waals surface area contributed by atoms with E-state index >= 15 is 0 Å². The van der Waals surface area contributed by atoms with Crippen molar-refractivity contribution in [2.75, 3.05) is 11.6 Å². The van der Waals surface area contributed by atoms with E-state index in [4.69, 9.17) is 11.6 Å². The summed E-state index contributed by atoms with van der Waals surface area (Å²) in [6.07, 6.45) is 1.84. The van der Waals surface area contributed by atoms with E-state index in [1.54, 1.807) is 30.3 Å². The van der Waals surface area contributed by atoms with Crippen LogP contribution in [-0.2, 0) is 11.3 Å². The van der Waals surface area contributed by atoms with Gasteiger partial charge in [-0.05, 0) is 49.4 Å². The number of rotatable bonds is 5. The number of benzene rings is 2. The largest absolute Gasteiger partial charge is 0.337 e. The maximum Gasteiger partial charge on any atom is 0.337 e. The molecule has 0 aliphatic rings. The average Bonchev–Trinajstić information content (AvgIpc) is 3.20. The first-order valence-electron chi connectivity index (χ1n) is 9.62. The van der Waals surface area contributed by atoms with Gasteiger partial charge in [-0.15, -0.1) is 11.3 Å². The number of anilines is 1. The van der Waals surface area contributed by atoms with Gasteiger partial charge in [-0.2, -0.15) is 0 Å². The second-order valence-corrected chi connectivity index (χ2v) is 9.63. The van der Waals surface area contributed by atoms with Crippen molar-refractivity contribution in [1.29, 1.82) is 0 Å². The summed E-state index contributed by atoms with van der Waals surface area (Å²) in [6, 6.07) is 12.3. The minimum Gasteiger partial charge on any atom is -0.324 e. The molecule has 2 heterocycles. The second kappa shape index (κ2) is 8.93. The molecule has 0 saturated carbocycles. The van der Waals surface area contributed by atoms with Gasteiger partial charge in [0.15, 0.2) is 9.99 Å². The van der Waals surface area contributed by atoms with E-state index in [0.717, 1.165) is 15.7 Å².